The van der Waals surface area contributed by atoms with Crippen LogP contribution in [0, 0.1) is 11.6 Å². The Kier molecular flexibility index (Phi) is 6.79. The van der Waals surface area contributed by atoms with Gasteiger partial charge in [0.05, 0.1) is 16.5 Å². The summed E-state index contributed by atoms with van der Waals surface area (Å²) in [7, 11) is 3.81. The number of nitrogens with zero attached hydrogens (tertiary/aromatic N) is 6. The van der Waals surface area contributed by atoms with Gasteiger partial charge in [0.15, 0.2) is 5.82 Å². The van der Waals surface area contributed by atoms with Crippen molar-refractivity contribution < 1.29 is 23.4 Å². The van der Waals surface area contributed by atoms with Crippen LogP contribution in [0.25, 0.3) is 32.9 Å². The summed E-state index contributed by atoms with van der Waals surface area (Å²) in [6, 6.07) is 8.04. The van der Waals surface area contributed by atoms with Crippen LogP contribution in [0.1, 0.15) is 12.8 Å². The summed E-state index contributed by atoms with van der Waals surface area (Å²) in [5.41, 5.74) is 0.303. The number of carbonyl (C=O) groups is 1. The molecule has 2 aliphatic heterocycles. The molecule has 2 aliphatic rings. The fraction of sp³-hybridized carbons (Fsp3) is 0.357. The van der Waals surface area contributed by atoms with Gasteiger partial charge in [0.2, 0.25) is 0 Å². The van der Waals surface area contributed by atoms with E-state index in [1.54, 1.807) is 31.3 Å². The summed E-state index contributed by atoms with van der Waals surface area (Å²) >= 11 is 6.32. The van der Waals surface area contributed by atoms with Crippen LogP contribution in [0.2, 0.25) is 5.02 Å². The van der Waals surface area contributed by atoms with Gasteiger partial charge in [-0.3, -0.25) is 4.98 Å². The van der Waals surface area contributed by atoms with Gasteiger partial charge in [0.25, 0.3) is 0 Å². The van der Waals surface area contributed by atoms with Gasteiger partial charge in [0, 0.05) is 43.3 Å². The molecule has 208 valence electrons. The molecular weight excluding hydrogens is 542 g/mol. The van der Waals surface area contributed by atoms with E-state index in [4.69, 9.17) is 16.3 Å². The minimum absolute atomic E-state index is 0.00410. The van der Waals surface area contributed by atoms with Gasteiger partial charge in [-0.1, -0.05) is 35.9 Å². The molecule has 12 heteroatoms. The number of pyridine rings is 1. The van der Waals surface area contributed by atoms with E-state index in [1.807, 2.05) is 11.9 Å². The third-order valence-corrected chi connectivity index (χ3v) is 8.29. The molecule has 2 saturated heterocycles. The van der Waals surface area contributed by atoms with Crippen molar-refractivity contribution in [3.63, 3.8) is 0 Å². The number of anilines is 1. The average molecular weight is 569 g/mol. The zero-order chi connectivity index (χ0) is 28.1. The zero-order valence-corrected chi connectivity index (χ0v) is 22.7. The third kappa shape index (κ3) is 4.52. The number of halogens is 3. The predicted molar refractivity (Wildman–Crippen MR) is 148 cm³/mol. The van der Waals surface area contributed by atoms with Crippen molar-refractivity contribution in [1.82, 2.24) is 24.8 Å². The summed E-state index contributed by atoms with van der Waals surface area (Å²) in [4.78, 5) is 30.1. The maximum absolute atomic E-state index is 16.3. The quantitative estimate of drug-likeness (QED) is 0.345. The lowest BCUT2D eigenvalue weighted by molar-refractivity contribution is 0.105. The Balaban J connectivity index is 1.46. The van der Waals surface area contributed by atoms with E-state index in [0.717, 1.165) is 19.4 Å². The molecule has 1 amide bonds. The molecule has 6 rings (SSSR count). The zero-order valence-electron chi connectivity index (χ0n) is 21.9. The Bertz CT molecular complexity index is 1630. The van der Waals surface area contributed by atoms with Crippen molar-refractivity contribution in [1.29, 1.82) is 0 Å². The lowest BCUT2D eigenvalue weighted by atomic mass is 10.0. The van der Waals surface area contributed by atoms with E-state index < -0.39 is 17.7 Å². The summed E-state index contributed by atoms with van der Waals surface area (Å²) in [5, 5.41) is 10.5. The summed E-state index contributed by atoms with van der Waals surface area (Å²) in [6.07, 6.45) is 2.53. The van der Waals surface area contributed by atoms with Gasteiger partial charge in [-0.05, 0) is 37.9 Å². The number of aromatic nitrogens is 3. The van der Waals surface area contributed by atoms with Gasteiger partial charge in [-0.15, -0.1) is 0 Å². The normalized spacial score (nSPS) is 17.9. The molecule has 1 atom stereocenters. The first kappa shape index (κ1) is 26.4. The first-order valence-corrected chi connectivity index (χ1v) is 13.4. The molecule has 2 fully saturated rings. The second kappa shape index (κ2) is 10.3. The molecular formula is C28H27ClF2N6O3. The van der Waals surface area contributed by atoms with Gasteiger partial charge in [0.1, 0.15) is 29.5 Å². The molecule has 4 aromatic rings. The maximum atomic E-state index is 16.3. The van der Waals surface area contributed by atoms with Crippen molar-refractivity contribution >= 4 is 45.2 Å². The molecule has 0 bridgehead atoms. The highest BCUT2D eigenvalue weighted by atomic mass is 35.5. The minimum Gasteiger partial charge on any atom is -0.465 e. The smallest absolute Gasteiger partial charge is 0.407 e. The Morgan fingerprint density at radius 3 is 2.75 bits per heavy atom. The Labute approximate surface area is 233 Å². The van der Waals surface area contributed by atoms with E-state index in [-0.39, 0.29) is 47.4 Å². The summed E-state index contributed by atoms with van der Waals surface area (Å²) < 4.78 is 36.7. The number of amides is 1. The van der Waals surface area contributed by atoms with Crippen LogP contribution in [0.3, 0.4) is 0 Å². The topological polar surface area (TPSA) is 94.9 Å². The minimum atomic E-state index is -0.996. The van der Waals surface area contributed by atoms with E-state index in [0.29, 0.717) is 34.1 Å². The first-order chi connectivity index (χ1) is 19.2. The second-order valence-electron chi connectivity index (χ2n) is 10.3. The number of hydrogen-bond acceptors (Lipinski definition) is 7. The molecule has 0 saturated carbocycles. The van der Waals surface area contributed by atoms with E-state index in [2.05, 4.69) is 19.9 Å². The number of fused-ring (bicyclic) bond motifs is 2. The van der Waals surface area contributed by atoms with Crippen molar-refractivity contribution in [2.24, 2.45) is 0 Å². The number of carboxylic acid groups (broad SMARTS) is 1. The van der Waals surface area contributed by atoms with Crippen LogP contribution in [-0.4, -0.2) is 88.4 Å². The van der Waals surface area contributed by atoms with Gasteiger partial charge >= 0.3 is 12.1 Å². The highest BCUT2D eigenvalue weighted by molar-refractivity contribution is 6.36. The van der Waals surface area contributed by atoms with Crippen LogP contribution in [-0.2, 0) is 0 Å². The fourth-order valence-corrected chi connectivity index (χ4v) is 5.71. The highest BCUT2D eigenvalue weighted by Gasteiger charge is 2.35. The van der Waals surface area contributed by atoms with Crippen LogP contribution in [0.4, 0.5) is 19.4 Å². The molecule has 1 N–H and O–H groups in total. The van der Waals surface area contributed by atoms with Gasteiger partial charge < -0.3 is 24.5 Å². The molecule has 2 aromatic heterocycles. The van der Waals surface area contributed by atoms with Crippen molar-refractivity contribution in [2.75, 3.05) is 45.2 Å². The van der Waals surface area contributed by atoms with Crippen molar-refractivity contribution in [2.45, 2.75) is 24.9 Å². The molecule has 40 heavy (non-hydrogen) atoms. The van der Waals surface area contributed by atoms with Crippen molar-refractivity contribution in [3.05, 3.63) is 53.2 Å². The van der Waals surface area contributed by atoms with E-state index in [9.17, 15) is 14.3 Å². The molecule has 2 aromatic carbocycles. The van der Waals surface area contributed by atoms with Crippen LogP contribution in [0.15, 0.2) is 36.5 Å². The number of benzene rings is 2. The van der Waals surface area contributed by atoms with E-state index in [1.165, 1.54) is 17.2 Å². The van der Waals surface area contributed by atoms with Gasteiger partial charge in [-0.2, -0.15) is 9.97 Å². The average Bonchev–Trinajstić information content (AvgIpc) is 3.32. The predicted octanol–water partition coefficient (Wildman–Crippen LogP) is 5.05. The molecule has 0 unspecified atom stereocenters. The summed E-state index contributed by atoms with van der Waals surface area (Å²) in [5.74, 6) is -0.946. The molecule has 0 aliphatic carbocycles. The SMILES string of the molecule is CN(c1nc(OC[C@@H]2CCCN2C)nc2c(F)c(-c3cccc4ccc(F)c(Cl)c34)ncc12)C1CN(C(=O)O)C1. The Morgan fingerprint density at radius 2 is 2.02 bits per heavy atom. The van der Waals surface area contributed by atoms with Crippen molar-refractivity contribution in [3.8, 4) is 17.3 Å². The number of likely N-dealkylation sites (tertiary alicyclic amines) is 2. The Morgan fingerprint density at radius 1 is 1.23 bits per heavy atom. The number of hydrogen-bond donors (Lipinski definition) is 1. The standard InChI is InChI=1S/C28H27ClF2N6O3/c1-35-10-4-6-16(35)14-40-27-33-25-19(26(34-27)36(2)17-12-37(13-17)28(38)39)11-32-24(23(25)31)18-7-3-5-15-8-9-20(30)22(29)21(15)18/h3,5,7-9,11,16-17H,4,6,10,12-14H2,1-2H3,(H,38,39)/t16-/m0/s1. The van der Waals surface area contributed by atoms with Crippen LogP contribution >= 0.6 is 11.6 Å². The van der Waals surface area contributed by atoms with Crippen LogP contribution in [0.5, 0.6) is 6.01 Å². The fourth-order valence-electron chi connectivity index (χ4n) is 5.44. The highest BCUT2D eigenvalue weighted by Crippen LogP contribution is 2.38. The van der Waals surface area contributed by atoms with Crippen LogP contribution < -0.4 is 9.64 Å². The van der Waals surface area contributed by atoms with E-state index >= 15 is 4.39 Å². The lowest BCUT2D eigenvalue weighted by Crippen LogP contribution is -2.60. The molecule has 0 radical (unpaired) electrons. The number of rotatable bonds is 6. The monoisotopic (exact) mass is 568 g/mol. The third-order valence-electron chi connectivity index (χ3n) is 7.92. The molecule has 0 spiro atoms. The van der Waals surface area contributed by atoms with Gasteiger partial charge in [-0.25, -0.2) is 13.6 Å². The first-order valence-electron chi connectivity index (χ1n) is 13.0. The lowest BCUT2D eigenvalue weighted by Gasteiger charge is -2.42. The molecule has 4 heterocycles. The number of likely N-dealkylation sites (N-methyl/N-ethyl adjacent to an activating group) is 2. The summed E-state index contributed by atoms with van der Waals surface area (Å²) in [6.45, 7) is 1.89. The number of ether oxygens (including phenoxy) is 1. The maximum Gasteiger partial charge on any atom is 0.407 e. The second-order valence-corrected chi connectivity index (χ2v) is 10.7. The largest absolute Gasteiger partial charge is 0.465 e. The molecule has 9 nitrogen and oxygen atoms in total. The Hall–Kier alpha value is -3.83.